The van der Waals surface area contributed by atoms with E-state index in [0.29, 0.717) is 12.2 Å². The van der Waals surface area contributed by atoms with Crippen LogP contribution >= 0.6 is 11.8 Å². The highest BCUT2D eigenvalue weighted by molar-refractivity contribution is 7.99. The number of esters is 1. The summed E-state index contributed by atoms with van der Waals surface area (Å²) in [6.45, 7) is 2.20. The van der Waals surface area contributed by atoms with Gasteiger partial charge in [0.05, 0.1) is 12.2 Å². The van der Waals surface area contributed by atoms with Crippen molar-refractivity contribution in [2.75, 3.05) is 6.61 Å². The molecule has 0 N–H and O–H groups in total. The third kappa shape index (κ3) is 2.74. The van der Waals surface area contributed by atoms with E-state index >= 15 is 0 Å². The van der Waals surface area contributed by atoms with Gasteiger partial charge >= 0.3 is 5.97 Å². The quantitative estimate of drug-likeness (QED) is 0.664. The van der Waals surface area contributed by atoms with Crippen LogP contribution in [0.15, 0.2) is 64.5 Å². The Morgan fingerprint density at radius 2 is 1.82 bits per heavy atom. The van der Waals surface area contributed by atoms with Gasteiger partial charge in [-0.2, -0.15) is 0 Å². The van der Waals surface area contributed by atoms with Gasteiger partial charge in [0.15, 0.2) is 0 Å². The van der Waals surface area contributed by atoms with E-state index in [1.165, 1.54) is 10.9 Å². The largest absolute Gasteiger partial charge is 0.462 e. The molecule has 3 nitrogen and oxygen atoms in total. The lowest BCUT2D eigenvalue weighted by atomic mass is 10.2. The third-order valence-electron chi connectivity index (χ3n) is 3.46. The first-order valence-electron chi connectivity index (χ1n) is 7.18. The molecule has 2 aromatic carbocycles. The molecule has 0 aliphatic carbocycles. The molecule has 3 rings (SSSR count). The lowest BCUT2D eigenvalue weighted by molar-refractivity contribution is 0.0522. The van der Waals surface area contributed by atoms with Crippen LogP contribution in [0.5, 0.6) is 0 Å². The Balaban J connectivity index is 2.01. The molecule has 0 radical (unpaired) electrons. The maximum absolute atomic E-state index is 12.1. The minimum Gasteiger partial charge on any atom is -0.462 e. The molecule has 22 heavy (non-hydrogen) atoms. The van der Waals surface area contributed by atoms with E-state index < -0.39 is 0 Å². The van der Waals surface area contributed by atoms with Gasteiger partial charge in [-0.3, -0.25) is 0 Å². The van der Waals surface area contributed by atoms with Crippen LogP contribution in [0.3, 0.4) is 0 Å². The highest BCUT2D eigenvalue weighted by Crippen LogP contribution is 2.36. The number of hydrogen-bond acceptors (Lipinski definition) is 3. The minimum absolute atomic E-state index is 0.272. The van der Waals surface area contributed by atoms with Crippen molar-refractivity contribution in [1.29, 1.82) is 0 Å². The summed E-state index contributed by atoms with van der Waals surface area (Å²) in [6.07, 6.45) is 2.09. The summed E-state index contributed by atoms with van der Waals surface area (Å²) in [5, 5.41) is 1.19. The summed E-state index contributed by atoms with van der Waals surface area (Å²) in [5.41, 5.74) is 1.79. The molecule has 1 aromatic heterocycles. The van der Waals surface area contributed by atoms with Gasteiger partial charge in [0.1, 0.15) is 0 Å². The zero-order chi connectivity index (χ0) is 15.5. The highest BCUT2D eigenvalue weighted by Gasteiger charge is 2.15. The van der Waals surface area contributed by atoms with Crippen LogP contribution in [0, 0.1) is 0 Å². The Morgan fingerprint density at radius 1 is 1.09 bits per heavy atom. The zero-order valence-electron chi connectivity index (χ0n) is 12.6. The number of aryl methyl sites for hydroxylation is 1. The highest BCUT2D eigenvalue weighted by atomic mass is 32.2. The number of aromatic nitrogens is 1. The Kier molecular flexibility index (Phi) is 4.20. The number of rotatable bonds is 4. The molecule has 0 saturated carbocycles. The SMILES string of the molecule is CCOC(=O)c1ccccc1Sc1cn(C)c2ccccc12. The predicted octanol–water partition coefficient (Wildman–Crippen LogP) is 4.51. The van der Waals surface area contributed by atoms with Crippen LogP contribution in [0.1, 0.15) is 17.3 Å². The average Bonchev–Trinajstić information content (AvgIpc) is 2.85. The van der Waals surface area contributed by atoms with E-state index in [1.807, 2.05) is 50.4 Å². The van der Waals surface area contributed by atoms with Gasteiger partial charge in [-0.05, 0) is 25.1 Å². The topological polar surface area (TPSA) is 31.2 Å². The molecule has 0 spiro atoms. The fourth-order valence-corrected chi connectivity index (χ4v) is 3.58. The van der Waals surface area contributed by atoms with Gasteiger partial charge in [0, 0.05) is 33.9 Å². The molecule has 3 aromatic rings. The summed E-state index contributed by atoms with van der Waals surface area (Å²) >= 11 is 1.60. The molecule has 0 unspecified atom stereocenters. The van der Waals surface area contributed by atoms with Gasteiger partial charge in [-0.15, -0.1) is 0 Å². The van der Waals surface area contributed by atoms with Crippen molar-refractivity contribution in [2.24, 2.45) is 7.05 Å². The summed E-state index contributed by atoms with van der Waals surface area (Å²) in [6, 6.07) is 15.8. The van der Waals surface area contributed by atoms with Crippen molar-refractivity contribution in [3.8, 4) is 0 Å². The molecular formula is C18H17NO2S. The van der Waals surface area contributed by atoms with Gasteiger partial charge in [0.25, 0.3) is 0 Å². The summed E-state index contributed by atoms with van der Waals surface area (Å²) in [5.74, 6) is -0.272. The number of ether oxygens (including phenoxy) is 1. The van der Waals surface area contributed by atoms with Crippen LogP contribution in [0.25, 0.3) is 10.9 Å². The van der Waals surface area contributed by atoms with Gasteiger partial charge in [-0.1, -0.05) is 42.1 Å². The number of hydrogen-bond donors (Lipinski definition) is 0. The number of para-hydroxylation sites is 1. The monoisotopic (exact) mass is 311 g/mol. The molecule has 0 aliphatic heterocycles. The van der Waals surface area contributed by atoms with Crippen molar-refractivity contribution in [3.63, 3.8) is 0 Å². The normalized spacial score (nSPS) is 10.8. The second kappa shape index (κ2) is 6.28. The second-order valence-electron chi connectivity index (χ2n) is 4.94. The number of carbonyl (C=O) groups excluding carboxylic acids is 1. The second-order valence-corrected chi connectivity index (χ2v) is 6.02. The van der Waals surface area contributed by atoms with E-state index in [2.05, 4.69) is 22.9 Å². The lowest BCUT2D eigenvalue weighted by Gasteiger charge is -2.07. The smallest absolute Gasteiger partial charge is 0.339 e. The van der Waals surface area contributed by atoms with E-state index in [-0.39, 0.29) is 5.97 Å². The summed E-state index contributed by atoms with van der Waals surface area (Å²) < 4.78 is 7.24. The van der Waals surface area contributed by atoms with Crippen LogP contribution in [0.4, 0.5) is 0 Å². The van der Waals surface area contributed by atoms with Crippen LogP contribution in [-0.2, 0) is 11.8 Å². The van der Waals surface area contributed by atoms with Gasteiger partial charge < -0.3 is 9.30 Å². The van der Waals surface area contributed by atoms with E-state index in [4.69, 9.17) is 4.74 Å². The molecule has 4 heteroatoms. The molecule has 0 bridgehead atoms. The maximum atomic E-state index is 12.1. The van der Waals surface area contributed by atoms with Crippen molar-refractivity contribution in [3.05, 3.63) is 60.3 Å². The molecule has 112 valence electrons. The first kappa shape index (κ1) is 14.7. The molecule has 0 saturated heterocycles. The number of benzene rings is 2. The maximum Gasteiger partial charge on any atom is 0.339 e. The molecule has 0 fully saturated rings. The number of fused-ring (bicyclic) bond motifs is 1. The Labute approximate surface area is 133 Å². The van der Waals surface area contributed by atoms with Crippen LogP contribution in [0.2, 0.25) is 0 Å². The molecule has 0 atom stereocenters. The Bertz CT molecular complexity index is 823. The summed E-state index contributed by atoms with van der Waals surface area (Å²) in [7, 11) is 2.03. The fraction of sp³-hybridized carbons (Fsp3) is 0.167. The van der Waals surface area contributed by atoms with Crippen LogP contribution < -0.4 is 0 Å². The fourth-order valence-electron chi connectivity index (χ4n) is 2.44. The first-order chi connectivity index (χ1) is 10.7. The predicted molar refractivity (Wildman–Crippen MR) is 89.4 cm³/mol. The molecule has 0 aliphatic rings. The minimum atomic E-state index is -0.272. The average molecular weight is 311 g/mol. The Morgan fingerprint density at radius 3 is 2.64 bits per heavy atom. The molecule has 0 amide bonds. The van der Waals surface area contributed by atoms with E-state index in [0.717, 1.165) is 9.79 Å². The van der Waals surface area contributed by atoms with Crippen molar-refractivity contribution >= 4 is 28.6 Å². The van der Waals surface area contributed by atoms with E-state index in [9.17, 15) is 4.79 Å². The molecule has 1 heterocycles. The third-order valence-corrected chi connectivity index (χ3v) is 4.58. The van der Waals surface area contributed by atoms with Crippen molar-refractivity contribution in [1.82, 2.24) is 4.57 Å². The lowest BCUT2D eigenvalue weighted by Crippen LogP contribution is -2.05. The van der Waals surface area contributed by atoms with Gasteiger partial charge in [-0.25, -0.2) is 4.79 Å². The van der Waals surface area contributed by atoms with Crippen LogP contribution in [-0.4, -0.2) is 17.1 Å². The van der Waals surface area contributed by atoms with Crippen molar-refractivity contribution < 1.29 is 9.53 Å². The van der Waals surface area contributed by atoms with E-state index in [1.54, 1.807) is 11.8 Å². The van der Waals surface area contributed by atoms with Gasteiger partial charge in [0.2, 0.25) is 0 Å². The van der Waals surface area contributed by atoms with Crippen molar-refractivity contribution in [2.45, 2.75) is 16.7 Å². The zero-order valence-corrected chi connectivity index (χ0v) is 13.4. The Hall–Kier alpha value is -2.20. The first-order valence-corrected chi connectivity index (χ1v) is 8.00. The number of carbonyl (C=O) groups is 1. The summed E-state index contributed by atoms with van der Waals surface area (Å²) in [4.78, 5) is 14.1. The standard InChI is InChI=1S/C18H17NO2S/c1-3-21-18(20)14-9-5-7-11-16(14)22-17-12-19(2)15-10-6-4-8-13(15)17/h4-12H,3H2,1-2H3. The number of nitrogens with zero attached hydrogens (tertiary/aromatic N) is 1. The molecular weight excluding hydrogens is 294 g/mol.